The zero-order chi connectivity index (χ0) is 10.8. The maximum absolute atomic E-state index is 5.67. The molecule has 15 heavy (non-hydrogen) atoms. The monoisotopic (exact) mass is 264 g/mol. The van der Waals surface area contributed by atoms with Crippen LogP contribution < -0.4 is 5.73 Å². The summed E-state index contributed by atoms with van der Waals surface area (Å²) in [6.45, 7) is 1.99. The van der Waals surface area contributed by atoms with Crippen LogP contribution in [0.1, 0.15) is 5.56 Å². The molecule has 0 aliphatic rings. The molecule has 0 aromatic carbocycles. The van der Waals surface area contributed by atoms with E-state index in [2.05, 4.69) is 30.9 Å². The van der Waals surface area contributed by atoms with Gasteiger partial charge in [0.15, 0.2) is 5.82 Å². The standard InChI is InChI=1S/C10H9BrN4/c1-6-2-3-13-8(4-6)10-14-5-7(11)9(12)15-10/h2-5H,1H3,(H2,12,14,15). The highest BCUT2D eigenvalue weighted by Gasteiger charge is 2.05. The number of aryl methyl sites for hydroxylation is 1. The molecule has 2 heterocycles. The van der Waals surface area contributed by atoms with Gasteiger partial charge in [0.05, 0.1) is 4.47 Å². The van der Waals surface area contributed by atoms with Gasteiger partial charge in [0.2, 0.25) is 0 Å². The number of halogens is 1. The molecule has 0 atom stereocenters. The second kappa shape index (κ2) is 3.94. The quantitative estimate of drug-likeness (QED) is 0.858. The first-order valence-corrected chi connectivity index (χ1v) is 5.17. The molecule has 0 radical (unpaired) electrons. The molecule has 0 amide bonds. The Morgan fingerprint density at radius 2 is 2.13 bits per heavy atom. The Morgan fingerprint density at radius 1 is 1.33 bits per heavy atom. The van der Waals surface area contributed by atoms with Crippen LogP contribution in [0.2, 0.25) is 0 Å². The molecule has 0 unspecified atom stereocenters. The molecule has 2 aromatic heterocycles. The molecule has 0 saturated heterocycles. The summed E-state index contributed by atoms with van der Waals surface area (Å²) < 4.78 is 0.693. The molecule has 2 aromatic rings. The van der Waals surface area contributed by atoms with Crippen LogP contribution >= 0.6 is 15.9 Å². The fourth-order valence-electron chi connectivity index (χ4n) is 1.16. The van der Waals surface area contributed by atoms with Gasteiger partial charge in [-0.3, -0.25) is 4.98 Å². The van der Waals surface area contributed by atoms with Crippen molar-refractivity contribution in [2.24, 2.45) is 0 Å². The zero-order valence-electron chi connectivity index (χ0n) is 8.11. The second-order valence-corrected chi connectivity index (χ2v) is 4.00. The summed E-state index contributed by atoms with van der Waals surface area (Å²) in [5.74, 6) is 0.961. The smallest absolute Gasteiger partial charge is 0.180 e. The first-order chi connectivity index (χ1) is 7.16. The predicted octanol–water partition coefficient (Wildman–Crippen LogP) is 2.19. The molecule has 2 rings (SSSR count). The Bertz CT molecular complexity index is 499. The van der Waals surface area contributed by atoms with Crippen LogP contribution in [0.25, 0.3) is 11.5 Å². The van der Waals surface area contributed by atoms with Crippen LogP contribution in [-0.2, 0) is 0 Å². The fourth-order valence-corrected chi connectivity index (χ4v) is 1.35. The average molecular weight is 265 g/mol. The van der Waals surface area contributed by atoms with Gasteiger partial charge in [-0.2, -0.15) is 0 Å². The predicted molar refractivity (Wildman–Crippen MR) is 62.1 cm³/mol. The van der Waals surface area contributed by atoms with Crippen LogP contribution in [0.15, 0.2) is 29.0 Å². The molecule has 0 saturated carbocycles. The molecule has 0 fully saturated rings. The van der Waals surface area contributed by atoms with Gasteiger partial charge < -0.3 is 5.73 Å². The lowest BCUT2D eigenvalue weighted by Gasteiger charge is -2.02. The summed E-state index contributed by atoms with van der Waals surface area (Å²) in [4.78, 5) is 12.5. The van der Waals surface area contributed by atoms with Crippen molar-refractivity contribution in [3.8, 4) is 11.5 Å². The lowest BCUT2D eigenvalue weighted by atomic mass is 10.2. The number of hydrogen-bond donors (Lipinski definition) is 1. The third-order valence-electron chi connectivity index (χ3n) is 1.92. The number of hydrogen-bond acceptors (Lipinski definition) is 4. The highest BCUT2D eigenvalue weighted by atomic mass is 79.9. The third kappa shape index (κ3) is 2.12. The van der Waals surface area contributed by atoms with Crippen LogP contribution in [0.4, 0.5) is 5.82 Å². The molecular formula is C10H9BrN4. The number of nitrogens with two attached hydrogens (primary N) is 1. The van der Waals surface area contributed by atoms with E-state index in [9.17, 15) is 0 Å². The summed E-state index contributed by atoms with van der Waals surface area (Å²) in [7, 11) is 0. The summed E-state index contributed by atoms with van der Waals surface area (Å²) in [5.41, 5.74) is 7.52. The van der Waals surface area contributed by atoms with Gasteiger partial charge in [0.1, 0.15) is 11.5 Å². The normalized spacial score (nSPS) is 10.3. The number of nitrogens with zero attached hydrogens (tertiary/aromatic N) is 3. The third-order valence-corrected chi connectivity index (χ3v) is 2.53. The molecular weight excluding hydrogens is 256 g/mol. The minimum absolute atomic E-state index is 0.420. The Labute approximate surface area is 95.7 Å². The van der Waals surface area contributed by atoms with E-state index in [4.69, 9.17) is 5.73 Å². The van der Waals surface area contributed by atoms with Gasteiger partial charge in [-0.15, -0.1) is 0 Å². The SMILES string of the molecule is Cc1ccnc(-c2ncc(Br)c(N)n2)c1. The van der Waals surface area contributed by atoms with Crippen molar-refractivity contribution in [2.75, 3.05) is 5.73 Å². The molecule has 4 nitrogen and oxygen atoms in total. The second-order valence-electron chi connectivity index (χ2n) is 3.15. The summed E-state index contributed by atoms with van der Waals surface area (Å²) >= 11 is 3.25. The number of aromatic nitrogens is 3. The topological polar surface area (TPSA) is 64.7 Å². The van der Waals surface area contributed by atoms with Gasteiger partial charge in [-0.1, -0.05) is 0 Å². The first kappa shape index (κ1) is 10.0. The summed E-state index contributed by atoms with van der Waals surface area (Å²) in [5, 5.41) is 0. The van der Waals surface area contributed by atoms with Gasteiger partial charge in [0.25, 0.3) is 0 Å². The number of nitrogen functional groups attached to an aromatic ring is 1. The largest absolute Gasteiger partial charge is 0.383 e. The van der Waals surface area contributed by atoms with E-state index < -0.39 is 0 Å². The minimum atomic E-state index is 0.420. The van der Waals surface area contributed by atoms with Gasteiger partial charge in [-0.25, -0.2) is 9.97 Å². The van der Waals surface area contributed by atoms with Crippen LogP contribution in [0.5, 0.6) is 0 Å². The Kier molecular flexibility index (Phi) is 2.64. The molecule has 0 bridgehead atoms. The summed E-state index contributed by atoms with van der Waals surface area (Å²) in [6, 6.07) is 3.84. The maximum Gasteiger partial charge on any atom is 0.180 e. The maximum atomic E-state index is 5.67. The average Bonchev–Trinajstić information content (AvgIpc) is 2.22. The van der Waals surface area contributed by atoms with Gasteiger partial charge >= 0.3 is 0 Å². The number of rotatable bonds is 1. The lowest BCUT2D eigenvalue weighted by Crippen LogP contribution is -1.97. The van der Waals surface area contributed by atoms with Crippen molar-refractivity contribution in [3.05, 3.63) is 34.6 Å². The van der Waals surface area contributed by atoms with Crippen molar-refractivity contribution in [2.45, 2.75) is 6.92 Å². The first-order valence-electron chi connectivity index (χ1n) is 4.38. The Hall–Kier alpha value is -1.49. The molecule has 76 valence electrons. The van der Waals surface area contributed by atoms with Crippen molar-refractivity contribution in [3.63, 3.8) is 0 Å². The van der Waals surface area contributed by atoms with E-state index in [1.165, 1.54) is 0 Å². The van der Waals surface area contributed by atoms with Gasteiger partial charge in [0, 0.05) is 12.4 Å². The lowest BCUT2D eigenvalue weighted by molar-refractivity contribution is 1.13. The zero-order valence-corrected chi connectivity index (χ0v) is 9.69. The van der Waals surface area contributed by atoms with Crippen LogP contribution in [0, 0.1) is 6.92 Å². The van der Waals surface area contributed by atoms with E-state index >= 15 is 0 Å². The molecule has 2 N–H and O–H groups in total. The van der Waals surface area contributed by atoms with Crippen molar-refractivity contribution < 1.29 is 0 Å². The van der Waals surface area contributed by atoms with E-state index in [-0.39, 0.29) is 0 Å². The van der Waals surface area contributed by atoms with Crippen molar-refractivity contribution in [1.29, 1.82) is 0 Å². The van der Waals surface area contributed by atoms with E-state index in [0.717, 1.165) is 11.3 Å². The molecule has 0 aliphatic carbocycles. The van der Waals surface area contributed by atoms with E-state index in [0.29, 0.717) is 16.1 Å². The fraction of sp³-hybridized carbons (Fsp3) is 0.100. The van der Waals surface area contributed by atoms with Crippen molar-refractivity contribution in [1.82, 2.24) is 15.0 Å². The molecule has 5 heteroatoms. The summed E-state index contributed by atoms with van der Waals surface area (Å²) in [6.07, 6.45) is 3.36. The van der Waals surface area contributed by atoms with Crippen LogP contribution in [0.3, 0.4) is 0 Å². The Balaban J connectivity index is 2.50. The van der Waals surface area contributed by atoms with Crippen molar-refractivity contribution >= 4 is 21.7 Å². The highest BCUT2D eigenvalue weighted by molar-refractivity contribution is 9.10. The molecule has 0 spiro atoms. The number of anilines is 1. The Morgan fingerprint density at radius 3 is 2.80 bits per heavy atom. The van der Waals surface area contributed by atoms with E-state index in [1.807, 2.05) is 19.1 Å². The van der Waals surface area contributed by atoms with Gasteiger partial charge in [-0.05, 0) is 40.5 Å². The van der Waals surface area contributed by atoms with E-state index in [1.54, 1.807) is 12.4 Å². The minimum Gasteiger partial charge on any atom is -0.383 e. The number of pyridine rings is 1. The highest BCUT2D eigenvalue weighted by Crippen LogP contribution is 2.19. The van der Waals surface area contributed by atoms with Crippen LogP contribution in [-0.4, -0.2) is 15.0 Å². The molecule has 0 aliphatic heterocycles.